The second kappa shape index (κ2) is 5.88. The van der Waals surface area contributed by atoms with E-state index in [4.69, 9.17) is 16.7 Å². The summed E-state index contributed by atoms with van der Waals surface area (Å²) < 4.78 is 0. The first-order valence-corrected chi connectivity index (χ1v) is 6.43. The molecular weight excluding hydrogens is 280 g/mol. The number of hydrogen-bond acceptors (Lipinski definition) is 3. The van der Waals surface area contributed by atoms with Crippen molar-refractivity contribution in [1.29, 1.82) is 0 Å². The summed E-state index contributed by atoms with van der Waals surface area (Å²) >= 11 is 6.11. The van der Waals surface area contributed by atoms with Crippen molar-refractivity contribution in [1.82, 2.24) is 10.3 Å². The van der Waals surface area contributed by atoms with Gasteiger partial charge in [0.25, 0.3) is 5.91 Å². The van der Waals surface area contributed by atoms with Gasteiger partial charge in [0, 0.05) is 11.9 Å². The molecule has 6 heteroatoms. The van der Waals surface area contributed by atoms with Gasteiger partial charge in [-0.05, 0) is 12.1 Å². The summed E-state index contributed by atoms with van der Waals surface area (Å²) in [6, 6.07) is 8.70. The standard InChI is InChI=1S/C14H13ClN2O3/c1-8(14(19)20)7-16-13(18)12-6-10(15)9-4-2-3-5-11(9)17-12/h2-6,8H,7H2,1H3,(H,16,18)(H,19,20). The Labute approximate surface area is 120 Å². The Morgan fingerprint density at radius 3 is 2.80 bits per heavy atom. The fourth-order valence-corrected chi connectivity index (χ4v) is 1.94. The number of fused-ring (bicyclic) bond motifs is 1. The Balaban J connectivity index is 2.20. The largest absolute Gasteiger partial charge is 0.481 e. The van der Waals surface area contributed by atoms with Crippen molar-refractivity contribution >= 4 is 34.4 Å². The van der Waals surface area contributed by atoms with Crippen LogP contribution in [0.1, 0.15) is 17.4 Å². The molecule has 0 saturated carbocycles. The molecule has 1 atom stereocenters. The Bertz CT molecular complexity index is 673. The Morgan fingerprint density at radius 2 is 2.10 bits per heavy atom. The molecule has 0 aliphatic carbocycles. The van der Waals surface area contributed by atoms with Gasteiger partial charge >= 0.3 is 5.97 Å². The van der Waals surface area contributed by atoms with E-state index in [2.05, 4.69) is 10.3 Å². The number of aliphatic carboxylic acids is 1. The second-order valence-corrected chi connectivity index (χ2v) is 4.86. The number of carboxylic acids is 1. The zero-order valence-electron chi connectivity index (χ0n) is 10.8. The molecule has 0 bridgehead atoms. The number of amides is 1. The van der Waals surface area contributed by atoms with Gasteiger partial charge in [0.1, 0.15) is 5.69 Å². The number of nitrogens with zero attached hydrogens (tertiary/aromatic N) is 1. The number of pyridine rings is 1. The van der Waals surface area contributed by atoms with Crippen molar-refractivity contribution in [2.24, 2.45) is 5.92 Å². The van der Waals surface area contributed by atoms with E-state index < -0.39 is 17.8 Å². The molecule has 2 N–H and O–H groups in total. The van der Waals surface area contributed by atoms with Crippen LogP contribution in [0.3, 0.4) is 0 Å². The SMILES string of the molecule is CC(CNC(=O)c1cc(Cl)c2ccccc2n1)C(=O)O. The summed E-state index contributed by atoms with van der Waals surface area (Å²) in [5.41, 5.74) is 0.794. The first-order valence-electron chi connectivity index (χ1n) is 6.05. The highest BCUT2D eigenvalue weighted by molar-refractivity contribution is 6.35. The molecular formula is C14H13ClN2O3. The molecule has 1 unspecified atom stereocenters. The summed E-state index contributed by atoms with van der Waals surface area (Å²) in [7, 11) is 0. The van der Waals surface area contributed by atoms with Crippen molar-refractivity contribution in [3.63, 3.8) is 0 Å². The quantitative estimate of drug-likeness (QED) is 0.906. The minimum absolute atomic E-state index is 0.0420. The number of halogens is 1. The number of hydrogen-bond donors (Lipinski definition) is 2. The zero-order chi connectivity index (χ0) is 14.7. The molecule has 1 amide bonds. The maximum Gasteiger partial charge on any atom is 0.308 e. The van der Waals surface area contributed by atoms with Crippen LogP contribution in [0.15, 0.2) is 30.3 Å². The number of carbonyl (C=O) groups is 2. The fraction of sp³-hybridized carbons (Fsp3) is 0.214. The molecule has 2 aromatic rings. The Kier molecular flexibility index (Phi) is 4.20. The average molecular weight is 293 g/mol. The third-order valence-electron chi connectivity index (χ3n) is 2.89. The molecule has 20 heavy (non-hydrogen) atoms. The van der Waals surface area contributed by atoms with Gasteiger partial charge in [0.05, 0.1) is 16.5 Å². The van der Waals surface area contributed by atoms with E-state index in [0.29, 0.717) is 10.5 Å². The van der Waals surface area contributed by atoms with Gasteiger partial charge in [-0.3, -0.25) is 9.59 Å². The smallest absolute Gasteiger partial charge is 0.308 e. The fourth-order valence-electron chi connectivity index (χ4n) is 1.67. The predicted octanol–water partition coefficient (Wildman–Crippen LogP) is 2.34. The molecule has 0 saturated heterocycles. The highest BCUT2D eigenvalue weighted by atomic mass is 35.5. The summed E-state index contributed by atoms with van der Waals surface area (Å²) in [4.78, 5) is 26.8. The average Bonchev–Trinajstić information content (AvgIpc) is 2.44. The van der Waals surface area contributed by atoms with Gasteiger partial charge < -0.3 is 10.4 Å². The van der Waals surface area contributed by atoms with Crippen LogP contribution in [0.2, 0.25) is 5.02 Å². The lowest BCUT2D eigenvalue weighted by Gasteiger charge is -2.09. The lowest BCUT2D eigenvalue weighted by Crippen LogP contribution is -2.31. The van der Waals surface area contributed by atoms with E-state index in [1.165, 1.54) is 13.0 Å². The van der Waals surface area contributed by atoms with Crippen LogP contribution in [0, 0.1) is 5.92 Å². The number of aromatic nitrogens is 1. The molecule has 0 aliphatic heterocycles. The number of carbonyl (C=O) groups excluding carboxylic acids is 1. The third-order valence-corrected chi connectivity index (χ3v) is 3.20. The van der Waals surface area contributed by atoms with Crippen molar-refractivity contribution in [3.05, 3.63) is 41.0 Å². The first-order chi connectivity index (χ1) is 9.49. The summed E-state index contributed by atoms with van der Waals surface area (Å²) in [6.45, 7) is 1.56. The Morgan fingerprint density at radius 1 is 1.40 bits per heavy atom. The van der Waals surface area contributed by atoms with Gasteiger partial charge in [-0.1, -0.05) is 36.7 Å². The topological polar surface area (TPSA) is 79.3 Å². The first kappa shape index (κ1) is 14.3. The molecule has 2 rings (SSSR count). The lowest BCUT2D eigenvalue weighted by molar-refractivity contribution is -0.140. The van der Waals surface area contributed by atoms with E-state index >= 15 is 0 Å². The molecule has 1 aromatic heterocycles. The highest BCUT2D eigenvalue weighted by Crippen LogP contribution is 2.22. The van der Waals surface area contributed by atoms with Crippen LogP contribution in [0.5, 0.6) is 0 Å². The number of para-hydroxylation sites is 1. The van der Waals surface area contributed by atoms with Crippen LogP contribution in [-0.4, -0.2) is 28.5 Å². The van der Waals surface area contributed by atoms with Crippen LogP contribution in [0.25, 0.3) is 10.9 Å². The van der Waals surface area contributed by atoms with E-state index in [1.54, 1.807) is 12.1 Å². The normalized spacial score (nSPS) is 12.1. The van der Waals surface area contributed by atoms with Gasteiger partial charge in [0.2, 0.25) is 0 Å². The molecule has 0 spiro atoms. The molecule has 1 aromatic carbocycles. The Hall–Kier alpha value is -2.14. The lowest BCUT2D eigenvalue weighted by atomic mass is 10.1. The number of carboxylic acid groups (broad SMARTS) is 1. The van der Waals surface area contributed by atoms with Crippen LogP contribution >= 0.6 is 11.6 Å². The minimum atomic E-state index is -0.963. The molecule has 0 fully saturated rings. The zero-order valence-corrected chi connectivity index (χ0v) is 11.5. The number of benzene rings is 1. The number of rotatable bonds is 4. The second-order valence-electron chi connectivity index (χ2n) is 4.46. The van der Waals surface area contributed by atoms with Crippen LogP contribution in [-0.2, 0) is 4.79 Å². The third kappa shape index (κ3) is 3.05. The number of nitrogens with one attached hydrogen (secondary N) is 1. The van der Waals surface area contributed by atoms with Crippen LogP contribution in [0.4, 0.5) is 0 Å². The van der Waals surface area contributed by atoms with E-state index in [0.717, 1.165) is 5.39 Å². The predicted molar refractivity (Wildman–Crippen MR) is 75.9 cm³/mol. The van der Waals surface area contributed by atoms with Gasteiger partial charge in [-0.2, -0.15) is 0 Å². The molecule has 104 valence electrons. The van der Waals surface area contributed by atoms with E-state index in [1.807, 2.05) is 12.1 Å². The summed E-state index contributed by atoms with van der Waals surface area (Å²) in [6.07, 6.45) is 0. The minimum Gasteiger partial charge on any atom is -0.481 e. The van der Waals surface area contributed by atoms with Crippen molar-refractivity contribution in [3.8, 4) is 0 Å². The van der Waals surface area contributed by atoms with Crippen molar-refractivity contribution in [2.75, 3.05) is 6.54 Å². The van der Waals surface area contributed by atoms with Crippen molar-refractivity contribution in [2.45, 2.75) is 6.92 Å². The van der Waals surface area contributed by atoms with Gasteiger partial charge in [-0.25, -0.2) is 4.98 Å². The maximum absolute atomic E-state index is 11.9. The highest BCUT2D eigenvalue weighted by Gasteiger charge is 2.15. The molecule has 1 heterocycles. The van der Waals surface area contributed by atoms with Crippen molar-refractivity contribution < 1.29 is 14.7 Å². The monoisotopic (exact) mass is 292 g/mol. The molecule has 0 aliphatic rings. The molecule has 0 radical (unpaired) electrons. The van der Waals surface area contributed by atoms with E-state index in [9.17, 15) is 9.59 Å². The summed E-state index contributed by atoms with van der Waals surface area (Å²) in [5.74, 6) is -2.06. The van der Waals surface area contributed by atoms with E-state index in [-0.39, 0.29) is 12.2 Å². The van der Waals surface area contributed by atoms with Gasteiger partial charge in [0.15, 0.2) is 0 Å². The molecule has 5 nitrogen and oxygen atoms in total. The summed E-state index contributed by atoms with van der Waals surface area (Å²) in [5, 5.41) is 12.5. The maximum atomic E-state index is 11.9. The van der Waals surface area contributed by atoms with Gasteiger partial charge in [-0.15, -0.1) is 0 Å². The van der Waals surface area contributed by atoms with Crippen LogP contribution < -0.4 is 5.32 Å².